The van der Waals surface area contributed by atoms with Crippen molar-refractivity contribution < 1.29 is 23.1 Å². The number of amides is 2. The molecule has 2 amide bonds. The van der Waals surface area contributed by atoms with E-state index in [4.69, 9.17) is 4.98 Å². The van der Waals surface area contributed by atoms with Crippen LogP contribution in [0.4, 0.5) is 34.4 Å². The molecule has 9 rings (SSSR count). The number of rotatable bonds is 12. The number of aliphatic hydroxyl groups excluding tert-OH is 1. The number of hydrogen-bond donors (Lipinski definition) is 3. The van der Waals surface area contributed by atoms with E-state index in [0.29, 0.717) is 63.7 Å². The summed E-state index contributed by atoms with van der Waals surface area (Å²) < 4.78 is 29.0. The summed E-state index contributed by atoms with van der Waals surface area (Å²) in [5, 5.41) is 16.6. The largest absolute Gasteiger partial charge is 0.392 e. The SMILES string of the molecule is C=CC(=O)Nc1cc(Nc2nc(-c3ccnc(N4CCn5c(cc6c5CC(C)(C)C6)C4=O)c3CO)cn(C)c2=O)ccc1N1CCN(C2CCN(c3ccc(S(=O)(=O)C(C)C)cc3)[C@@H](C)C2)C[C@@H]1C. The Morgan fingerprint density at radius 3 is 2.43 bits per heavy atom. The van der Waals surface area contributed by atoms with Gasteiger partial charge in [0.2, 0.25) is 5.91 Å². The molecule has 3 N–H and O–H groups in total. The molecular weight excluding hydrogens is 893 g/mol. The van der Waals surface area contributed by atoms with Gasteiger partial charge in [0.1, 0.15) is 11.5 Å². The van der Waals surface area contributed by atoms with Gasteiger partial charge in [-0.15, -0.1) is 0 Å². The van der Waals surface area contributed by atoms with E-state index in [-0.39, 0.29) is 40.7 Å². The number of nitrogens with zero attached hydrogens (tertiary/aromatic N) is 8. The number of sulfone groups is 1. The Bertz CT molecular complexity index is 3000. The van der Waals surface area contributed by atoms with Crippen molar-refractivity contribution in [3.05, 3.63) is 113 Å². The van der Waals surface area contributed by atoms with Gasteiger partial charge in [0, 0.05) is 105 Å². The summed E-state index contributed by atoms with van der Waals surface area (Å²) in [6.45, 7) is 19.9. The highest BCUT2D eigenvalue weighted by Gasteiger charge is 2.38. The molecular formula is C52H64N10O6S. The number of anilines is 6. The highest BCUT2D eigenvalue weighted by Crippen LogP contribution is 2.41. The number of aryl methyl sites for hydroxylation is 1. The van der Waals surface area contributed by atoms with E-state index in [2.05, 4.69) is 69.2 Å². The molecule has 2 saturated heterocycles. The van der Waals surface area contributed by atoms with E-state index < -0.39 is 21.7 Å². The van der Waals surface area contributed by atoms with Crippen LogP contribution in [-0.2, 0) is 47.7 Å². The molecule has 69 heavy (non-hydrogen) atoms. The summed E-state index contributed by atoms with van der Waals surface area (Å²) in [6.07, 6.45) is 8.23. The predicted molar refractivity (Wildman–Crippen MR) is 271 cm³/mol. The Labute approximate surface area is 404 Å². The smallest absolute Gasteiger partial charge is 0.293 e. The normalized spacial score (nSPS) is 20.5. The first-order chi connectivity index (χ1) is 32.9. The van der Waals surface area contributed by atoms with Crippen LogP contribution in [0.25, 0.3) is 11.3 Å². The monoisotopic (exact) mass is 956 g/mol. The fourth-order valence-electron chi connectivity index (χ4n) is 11.0. The molecule has 3 atom stereocenters. The second-order valence-electron chi connectivity index (χ2n) is 20.2. The lowest BCUT2D eigenvalue weighted by Crippen LogP contribution is -2.58. The average Bonchev–Trinajstić information content (AvgIpc) is 3.82. The topological polar surface area (TPSA) is 178 Å². The molecule has 1 unspecified atom stereocenters. The lowest BCUT2D eigenvalue weighted by molar-refractivity contribution is -0.111. The van der Waals surface area contributed by atoms with Crippen molar-refractivity contribution >= 4 is 56.0 Å². The van der Waals surface area contributed by atoms with Crippen LogP contribution in [0.1, 0.15) is 81.7 Å². The molecule has 0 spiro atoms. The fourth-order valence-corrected chi connectivity index (χ4v) is 12.0. The molecule has 3 aromatic heterocycles. The lowest BCUT2D eigenvalue weighted by atomic mass is 9.90. The van der Waals surface area contributed by atoms with Crippen LogP contribution in [0.5, 0.6) is 0 Å². The zero-order valence-corrected chi connectivity index (χ0v) is 41.5. The number of pyridine rings is 1. The summed E-state index contributed by atoms with van der Waals surface area (Å²) in [6, 6.07) is 17.4. The van der Waals surface area contributed by atoms with Gasteiger partial charge < -0.3 is 34.7 Å². The van der Waals surface area contributed by atoms with Crippen molar-refractivity contribution in [1.82, 2.24) is 24.0 Å². The van der Waals surface area contributed by atoms with Crippen molar-refractivity contribution in [3.8, 4) is 11.3 Å². The number of piperazine rings is 1. The summed E-state index contributed by atoms with van der Waals surface area (Å²) in [5.41, 5.74) is 7.16. The Hall–Kier alpha value is -6.30. The van der Waals surface area contributed by atoms with E-state index in [1.54, 1.807) is 62.5 Å². The van der Waals surface area contributed by atoms with Crippen LogP contribution in [0.15, 0.2) is 89.3 Å². The quantitative estimate of drug-likeness (QED) is 0.115. The molecule has 2 aromatic carbocycles. The van der Waals surface area contributed by atoms with Gasteiger partial charge >= 0.3 is 0 Å². The van der Waals surface area contributed by atoms with Gasteiger partial charge in [0.05, 0.1) is 33.8 Å². The van der Waals surface area contributed by atoms with Gasteiger partial charge in [-0.1, -0.05) is 20.4 Å². The Morgan fingerprint density at radius 1 is 0.971 bits per heavy atom. The molecule has 3 aliphatic heterocycles. The molecule has 0 saturated carbocycles. The molecule has 0 radical (unpaired) electrons. The second kappa shape index (κ2) is 18.6. The van der Waals surface area contributed by atoms with Crippen molar-refractivity contribution in [2.75, 3.05) is 58.1 Å². The van der Waals surface area contributed by atoms with Crippen molar-refractivity contribution in [3.63, 3.8) is 0 Å². The van der Waals surface area contributed by atoms with Crippen LogP contribution >= 0.6 is 0 Å². The number of fused-ring (bicyclic) bond motifs is 3. The molecule has 5 aromatic rings. The summed E-state index contributed by atoms with van der Waals surface area (Å²) in [5.74, 6) is -0.148. The highest BCUT2D eigenvalue weighted by molar-refractivity contribution is 7.92. The summed E-state index contributed by atoms with van der Waals surface area (Å²) in [7, 11) is -1.70. The summed E-state index contributed by atoms with van der Waals surface area (Å²) in [4.78, 5) is 59.3. The Morgan fingerprint density at radius 2 is 1.74 bits per heavy atom. The zero-order chi connectivity index (χ0) is 49.1. The van der Waals surface area contributed by atoms with Crippen molar-refractivity contribution in [1.29, 1.82) is 0 Å². The van der Waals surface area contributed by atoms with E-state index in [0.717, 1.165) is 63.2 Å². The molecule has 6 heterocycles. The maximum atomic E-state index is 14.1. The molecule has 4 aliphatic rings. The lowest BCUT2D eigenvalue weighted by Gasteiger charge is -2.48. The van der Waals surface area contributed by atoms with Gasteiger partial charge in [-0.3, -0.25) is 24.2 Å². The number of carbonyl (C=O) groups is 2. The first kappa shape index (κ1) is 47.8. The van der Waals surface area contributed by atoms with Crippen molar-refractivity contribution in [2.45, 2.75) is 109 Å². The van der Waals surface area contributed by atoms with E-state index in [1.807, 2.05) is 30.3 Å². The van der Waals surface area contributed by atoms with Gasteiger partial charge in [-0.05, 0) is 125 Å². The second-order valence-corrected chi connectivity index (χ2v) is 22.7. The predicted octanol–water partition coefficient (Wildman–Crippen LogP) is 6.54. The molecule has 16 nitrogen and oxygen atoms in total. The van der Waals surface area contributed by atoms with Crippen LogP contribution < -0.4 is 30.9 Å². The number of benzene rings is 2. The molecule has 17 heteroatoms. The maximum absolute atomic E-state index is 14.1. The third-order valence-corrected chi connectivity index (χ3v) is 16.7. The first-order valence-electron chi connectivity index (χ1n) is 24.0. The van der Waals surface area contributed by atoms with Crippen LogP contribution in [-0.4, -0.2) is 105 Å². The number of piperidine rings is 1. The van der Waals surface area contributed by atoms with Gasteiger partial charge in [-0.25, -0.2) is 18.4 Å². The van der Waals surface area contributed by atoms with E-state index in [1.165, 1.54) is 21.9 Å². The fraction of sp³-hybridized carbons (Fsp3) is 0.442. The number of carbonyl (C=O) groups excluding carboxylic acids is 2. The minimum atomic E-state index is -3.33. The standard InChI is InChI=1S/C52H64N10O6S/c1-9-47(64)55-42-26-36(10-15-44(42)60-21-20-58(29-34(60)5)38-17-19-59(33(4)24-38)37-11-13-39(14-12-37)69(67,68)32(2)3)54-48-51(66)57(8)30-43(56-48)40-16-18-53-49(41(40)31-63)62-23-22-61-45(50(62)65)25-35-27-52(6,7)28-46(35)61/h9-16,18,25-26,30,32-34,38,63H,1,17,19-24,27-29,31H2,2-8H3,(H,54,56)(H,55,64)/t33-,34-,38?/m0/s1. The first-order valence-corrected chi connectivity index (χ1v) is 25.6. The minimum absolute atomic E-state index is 0.0358. The van der Waals surface area contributed by atoms with Crippen LogP contribution in [0.3, 0.4) is 0 Å². The maximum Gasteiger partial charge on any atom is 0.293 e. The third kappa shape index (κ3) is 9.07. The molecule has 0 bridgehead atoms. The Kier molecular flexibility index (Phi) is 12.8. The molecule has 364 valence electrons. The molecule has 1 aliphatic carbocycles. The third-order valence-electron chi connectivity index (χ3n) is 14.6. The Balaban J connectivity index is 0.910. The average molecular weight is 957 g/mol. The van der Waals surface area contributed by atoms with Crippen molar-refractivity contribution in [2.24, 2.45) is 12.5 Å². The van der Waals surface area contributed by atoms with E-state index in [9.17, 15) is 27.9 Å². The van der Waals surface area contributed by atoms with E-state index >= 15 is 0 Å². The van der Waals surface area contributed by atoms with Gasteiger partial charge in [0.15, 0.2) is 15.7 Å². The highest BCUT2D eigenvalue weighted by atomic mass is 32.2. The summed E-state index contributed by atoms with van der Waals surface area (Å²) >= 11 is 0. The van der Waals surface area contributed by atoms with Gasteiger partial charge in [-0.2, -0.15) is 0 Å². The number of nitrogens with one attached hydrogen (secondary N) is 2. The molecule has 2 fully saturated rings. The van der Waals surface area contributed by atoms with Gasteiger partial charge in [0.25, 0.3) is 11.5 Å². The van der Waals surface area contributed by atoms with Crippen LogP contribution in [0, 0.1) is 5.41 Å². The minimum Gasteiger partial charge on any atom is -0.392 e. The number of hydrogen-bond acceptors (Lipinski definition) is 12. The zero-order valence-electron chi connectivity index (χ0n) is 40.7. The number of aromatic nitrogens is 4. The van der Waals surface area contributed by atoms with Crippen LogP contribution in [0.2, 0.25) is 0 Å². The number of aliphatic hydroxyl groups is 1.